The molecular formula is C74H51N5S. The van der Waals surface area contributed by atoms with Crippen molar-refractivity contribution < 1.29 is 0 Å². The number of rotatable bonds is 11. The molecule has 378 valence electrons. The van der Waals surface area contributed by atoms with Crippen molar-refractivity contribution in [1.29, 1.82) is 0 Å². The molecule has 6 heteroatoms. The van der Waals surface area contributed by atoms with Crippen LogP contribution in [0, 0.1) is 0 Å². The summed E-state index contributed by atoms with van der Waals surface area (Å²) in [6, 6.07) is 107. The van der Waals surface area contributed by atoms with Crippen molar-refractivity contribution in [2.75, 3.05) is 15.1 Å². The standard InChI is InChI=1S/C74H51N5S/c1-5-17-52(18-6-1)73-75-67-47-58(35-43-69(67)78(73)60-25-9-3-10-26-60)56-23-15-21-54(45-56)50-31-37-62(38-32-50)77(64-41-42-66-65-29-13-14-30-71(65)80-72(66)49-64)63-39-33-51(34-40-63)55-22-16-24-57(46-55)59-36-44-70-68(48-59)76-74(53-19-7-2-8-20-53)79(70)61-27-11-4-12-28-61/h1-49,73,75H. The Bertz CT molecular complexity index is 4550. The minimum absolute atomic E-state index is 0.0175. The lowest BCUT2D eigenvalue weighted by molar-refractivity contribution is 0.828. The first-order chi connectivity index (χ1) is 39.6. The van der Waals surface area contributed by atoms with Gasteiger partial charge < -0.3 is 15.1 Å². The van der Waals surface area contributed by atoms with Gasteiger partial charge in [0.2, 0.25) is 0 Å². The van der Waals surface area contributed by atoms with Crippen LogP contribution in [0.1, 0.15) is 11.7 Å². The van der Waals surface area contributed by atoms with Gasteiger partial charge in [-0.15, -0.1) is 11.3 Å². The first-order valence-corrected chi connectivity index (χ1v) is 28.0. The van der Waals surface area contributed by atoms with Crippen LogP contribution in [0.2, 0.25) is 0 Å². The second kappa shape index (κ2) is 19.9. The van der Waals surface area contributed by atoms with Crippen molar-refractivity contribution in [3.63, 3.8) is 0 Å². The number of thiophene rings is 1. The quantitative estimate of drug-likeness (QED) is 0.140. The Labute approximate surface area is 469 Å². The van der Waals surface area contributed by atoms with Gasteiger partial charge in [-0.3, -0.25) is 4.57 Å². The molecular weight excluding hydrogens is 991 g/mol. The molecule has 12 aromatic carbocycles. The molecule has 0 saturated carbocycles. The topological polar surface area (TPSA) is 36.3 Å². The Morgan fingerprint density at radius 2 is 0.863 bits per heavy atom. The minimum Gasteiger partial charge on any atom is -0.359 e. The smallest absolute Gasteiger partial charge is 0.145 e. The number of hydrogen-bond acceptors (Lipinski definition) is 5. The molecule has 0 spiro atoms. The molecule has 5 nitrogen and oxygen atoms in total. The normalized spacial score (nSPS) is 12.9. The van der Waals surface area contributed by atoms with Crippen LogP contribution >= 0.6 is 11.3 Å². The lowest BCUT2D eigenvalue weighted by atomic mass is 9.98. The lowest BCUT2D eigenvalue weighted by Gasteiger charge is -2.27. The molecule has 15 rings (SSSR count). The number of hydrogen-bond donors (Lipinski definition) is 1. The van der Waals surface area contributed by atoms with Crippen LogP contribution in [0.3, 0.4) is 0 Å². The van der Waals surface area contributed by atoms with Gasteiger partial charge in [0.05, 0.1) is 22.4 Å². The minimum atomic E-state index is -0.0175. The van der Waals surface area contributed by atoms with Crippen LogP contribution in [-0.2, 0) is 0 Å². The van der Waals surface area contributed by atoms with E-state index in [0.717, 1.165) is 90.1 Å². The number of para-hydroxylation sites is 2. The second-order valence-corrected chi connectivity index (χ2v) is 21.5. The Kier molecular flexibility index (Phi) is 11.7. The zero-order valence-electron chi connectivity index (χ0n) is 43.6. The van der Waals surface area contributed by atoms with E-state index < -0.39 is 0 Å². The molecule has 0 aliphatic carbocycles. The van der Waals surface area contributed by atoms with Gasteiger partial charge in [0.1, 0.15) is 12.0 Å². The molecule has 0 fully saturated rings. The predicted octanol–water partition coefficient (Wildman–Crippen LogP) is 20.5. The number of nitrogens with zero attached hydrogens (tertiary/aromatic N) is 4. The Morgan fingerprint density at radius 3 is 1.52 bits per heavy atom. The Morgan fingerprint density at radius 1 is 0.362 bits per heavy atom. The summed E-state index contributed by atoms with van der Waals surface area (Å²) in [5.41, 5.74) is 21.4. The maximum atomic E-state index is 5.25. The largest absolute Gasteiger partial charge is 0.359 e. The highest BCUT2D eigenvalue weighted by atomic mass is 32.1. The maximum Gasteiger partial charge on any atom is 0.145 e. The molecule has 0 saturated heterocycles. The molecule has 0 amide bonds. The molecule has 0 bridgehead atoms. The summed E-state index contributed by atoms with van der Waals surface area (Å²) in [7, 11) is 0. The van der Waals surface area contributed by atoms with Gasteiger partial charge in [0, 0.05) is 54.2 Å². The molecule has 1 aliphatic heterocycles. The summed E-state index contributed by atoms with van der Waals surface area (Å²) in [6.45, 7) is 0. The first kappa shape index (κ1) is 47.0. The SMILES string of the molecule is c1ccc(-c2nc3cc(-c4cccc(-c5ccc(N(c6ccc(-c7cccc(-c8ccc9c(c8)NC(c8ccccc8)N9c8ccccc8)c7)cc6)c6ccc7c(c6)sc6ccccc67)cc5)c4)ccc3n2-c2ccccc2)cc1. The van der Waals surface area contributed by atoms with Crippen molar-refractivity contribution in [2.45, 2.75) is 6.17 Å². The average molecular weight is 1040 g/mol. The third kappa shape index (κ3) is 8.56. The van der Waals surface area contributed by atoms with Gasteiger partial charge in [-0.2, -0.15) is 0 Å². The summed E-state index contributed by atoms with van der Waals surface area (Å²) in [4.78, 5) is 10.0. The lowest BCUT2D eigenvalue weighted by Crippen LogP contribution is -2.23. The van der Waals surface area contributed by atoms with Gasteiger partial charge in [-0.05, 0) is 153 Å². The van der Waals surface area contributed by atoms with Crippen LogP contribution in [0.25, 0.3) is 92.8 Å². The number of nitrogens with one attached hydrogen (secondary N) is 1. The third-order valence-corrected chi connectivity index (χ3v) is 16.7. The third-order valence-electron chi connectivity index (χ3n) is 15.6. The summed E-state index contributed by atoms with van der Waals surface area (Å²) >= 11 is 1.85. The van der Waals surface area contributed by atoms with E-state index >= 15 is 0 Å². The predicted molar refractivity (Wildman–Crippen MR) is 337 cm³/mol. The molecule has 1 aliphatic rings. The molecule has 1 atom stereocenters. The zero-order valence-corrected chi connectivity index (χ0v) is 44.4. The number of aromatic nitrogens is 2. The van der Waals surface area contributed by atoms with Crippen molar-refractivity contribution in [1.82, 2.24) is 9.55 Å². The van der Waals surface area contributed by atoms with Crippen molar-refractivity contribution in [3.8, 4) is 61.6 Å². The molecule has 14 aromatic rings. The number of anilines is 6. The van der Waals surface area contributed by atoms with E-state index in [1.165, 1.54) is 42.4 Å². The van der Waals surface area contributed by atoms with Gasteiger partial charge in [-0.1, -0.05) is 194 Å². The fraction of sp³-hybridized carbons (Fsp3) is 0.0135. The summed E-state index contributed by atoms with van der Waals surface area (Å²) in [5.74, 6) is 0.926. The number of fused-ring (bicyclic) bond motifs is 5. The summed E-state index contributed by atoms with van der Waals surface area (Å²) in [6.07, 6.45) is -0.0175. The van der Waals surface area contributed by atoms with E-state index in [1.807, 2.05) is 17.4 Å². The van der Waals surface area contributed by atoms with E-state index in [-0.39, 0.29) is 6.17 Å². The fourth-order valence-corrected chi connectivity index (χ4v) is 12.8. The van der Waals surface area contributed by atoms with E-state index in [0.29, 0.717) is 0 Å². The maximum absolute atomic E-state index is 5.25. The fourth-order valence-electron chi connectivity index (χ4n) is 11.7. The summed E-state index contributed by atoms with van der Waals surface area (Å²) < 4.78 is 4.82. The highest BCUT2D eigenvalue weighted by molar-refractivity contribution is 7.25. The van der Waals surface area contributed by atoms with Gasteiger partial charge in [0.15, 0.2) is 0 Å². The molecule has 80 heavy (non-hydrogen) atoms. The second-order valence-electron chi connectivity index (χ2n) is 20.4. The molecule has 2 aromatic heterocycles. The monoisotopic (exact) mass is 1040 g/mol. The van der Waals surface area contributed by atoms with Gasteiger partial charge in [0.25, 0.3) is 0 Å². The highest BCUT2D eigenvalue weighted by Gasteiger charge is 2.31. The van der Waals surface area contributed by atoms with Gasteiger partial charge in [-0.25, -0.2) is 4.98 Å². The molecule has 1 unspecified atom stereocenters. The van der Waals surface area contributed by atoms with Crippen LogP contribution in [-0.4, -0.2) is 9.55 Å². The van der Waals surface area contributed by atoms with E-state index in [2.05, 4.69) is 311 Å². The van der Waals surface area contributed by atoms with Crippen molar-refractivity contribution in [2.24, 2.45) is 0 Å². The molecule has 1 N–H and O–H groups in total. The van der Waals surface area contributed by atoms with Crippen LogP contribution in [0.4, 0.5) is 34.1 Å². The summed E-state index contributed by atoms with van der Waals surface area (Å²) in [5, 5.41) is 6.45. The zero-order chi connectivity index (χ0) is 52.9. The number of imidazole rings is 1. The number of benzene rings is 12. The van der Waals surface area contributed by atoms with Crippen molar-refractivity contribution in [3.05, 3.63) is 303 Å². The molecule has 3 heterocycles. The molecule has 0 radical (unpaired) electrons. The van der Waals surface area contributed by atoms with E-state index in [4.69, 9.17) is 4.98 Å². The first-order valence-electron chi connectivity index (χ1n) is 27.2. The van der Waals surface area contributed by atoms with Crippen LogP contribution in [0.15, 0.2) is 297 Å². The van der Waals surface area contributed by atoms with Gasteiger partial charge >= 0.3 is 0 Å². The highest BCUT2D eigenvalue weighted by Crippen LogP contribution is 2.48. The van der Waals surface area contributed by atoms with Crippen molar-refractivity contribution >= 4 is 76.7 Å². The Balaban J connectivity index is 0.744. The van der Waals surface area contributed by atoms with E-state index in [9.17, 15) is 0 Å². The average Bonchev–Trinajstić information content (AvgIpc) is 4.26. The Hall–Kier alpha value is -10.3. The van der Waals surface area contributed by atoms with E-state index in [1.54, 1.807) is 0 Å². The van der Waals surface area contributed by atoms with Crippen LogP contribution in [0.5, 0.6) is 0 Å². The van der Waals surface area contributed by atoms with Crippen LogP contribution < -0.4 is 15.1 Å².